The van der Waals surface area contributed by atoms with E-state index in [0.717, 1.165) is 16.6 Å². The Hall–Kier alpha value is -2.34. The van der Waals surface area contributed by atoms with Gasteiger partial charge in [0.05, 0.1) is 10.6 Å². The molecule has 2 heterocycles. The van der Waals surface area contributed by atoms with Gasteiger partial charge in [-0.25, -0.2) is 13.4 Å². The zero-order valence-corrected chi connectivity index (χ0v) is 12.3. The fourth-order valence-corrected chi connectivity index (χ4v) is 3.15. The Labute approximate surface area is 123 Å². The van der Waals surface area contributed by atoms with Gasteiger partial charge in [-0.05, 0) is 29.8 Å². The highest BCUT2D eigenvalue weighted by atomic mass is 32.2. The van der Waals surface area contributed by atoms with Crippen molar-refractivity contribution in [3.8, 4) is 0 Å². The Morgan fingerprint density at radius 1 is 1.19 bits per heavy atom. The van der Waals surface area contributed by atoms with Crippen molar-refractivity contribution in [2.75, 3.05) is 11.6 Å². The van der Waals surface area contributed by atoms with Gasteiger partial charge in [0.15, 0.2) is 9.84 Å². The summed E-state index contributed by atoms with van der Waals surface area (Å²) in [5.74, 6) is 0. The van der Waals surface area contributed by atoms with Crippen molar-refractivity contribution in [1.82, 2.24) is 9.97 Å². The van der Waals surface area contributed by atoms with E-state index in [-0.39, 0.29) is 0 Å². The van der Waals surface area contributed by atoms with Gasteiger partial charge >= 0.3 is 0 Å². The number of hydrogen-bond donors (Lipinski definition) is 2. The molecule has 0 saturated carbocycles. The molecule has 0 spiro atoms. The van der Waals surface area contributed by atoms with Gasteiger partial charge in [-0.2, -0.15) is 0 Å². The summed E-state index contributed by atoms with van der Waals surface area (Å²) in [6.45, 7) is 0.526. The molecule has 6 heteroatoms. The Bertz CT molecular complexity index is 885. The largest absolute Gasteiger partial charge is 0.380 e. The standard InChI is InChI=1S/C15H15N3O2S/c1-21(19,20)14-7-3-2-6-13(14)17-9-11-10-18-15-12(11)5-4-8-16-15/h2-8,10,17H,9H2,1H3,(H,16,18). The first-order valence-electron chi connectivity index (χ1n) is 6.49. The molecule has 0 aliphatic heterocycles. The van der Waals surface area contributed by atoms with E-state index in [4.69, 9.17) is 0 Å². The van der Waals surface area contributed by atoms with Gasteiger partial charge in [0.1, 0.15) is 5.65 Å². The molecule has 5 nitrogen and oxygen atoms in total. The number of anilines is 1. The summed E-state index contributed by atoms with van der Waals surface area (Å²) in [6, 6.07) is 10.8. The van der Waals surface area contributed by atoms with E-state index in [1.807, 2.05) is 24.4 Å². The number of nitrogens with one attached hydrogen (secondary N) is 2. The molecule has 0 fully saturated rings. The number of benzene rings is 1. The number of hydrogen-bond acceptors (Lipinski definition) is 4. The third-order valence-corrected chi connectivity index (χ3v) is 4.45. The van der Waals surface area contributed by atoms with Gasteiger partial charge in [0.2, 0.25) is 0 Å². The number of para-hydroxylation sites is 1. The Morgan fingerprint density at radius 2 is 2.00 bits per heavy atom. The summed E-state index contributed by atoms with van der Waals surface area (Å²) in [6.07, 6.45) is 4.83. The summed E-state index contributed by atoms with van der Waals surface area (Å²) in [7, 11) is -3.25. The van der Waals surface area contributed by atoms with Crippen LogP contribution in [0, 0.1) is 0 Å². The number of H-pyrrole nitrogens is 1. The lowest BCUT2D eigenvalue weighted by Crippen LogP contribution is -2.05. The minimum absolute atomic E-state index is 0.308. The van der Waals surface area contributed by atoms with Crippen LogP contribution in [-0.2, 0) is 16.4 Å². The Kier molecular flexibility index (Phi) is 3.39. The number of nitrogens with zero attached hydrogens (tertiary/aromatic N) is 1. The van der Waals surface area contributed by atoms with Crippen molar-refractivity contribution in [3.05, 3.63) is 54.4 Å². The van der Waals surface area contributed by atoms with Crippen LogP contribution in [0.2, 0.25) is 0 Å². The third-order valence-electron chi connectivity index (χ3n) is 3.29. The van der Waals surface area contributed by atoms with E-state index in [1.165, 1.54) is 6.26 Å². The lowest BCUT2D eigenvalue weighted by Gasteiger charge is -2.10. The Balaban J connectivity index is 1.89. The van der Waals surface area contributed by atoms with Gasteiger partial charge < -0.3 is 10.3 Å². The van der Waals surface area contributed by atoms with Crippen LogP contribution in [0.4, 0.5) is 5.69 Å². The van der Waals surface area contributed by atoms with E-state index < -0.39 is 9.84 Å². The maximum atomic E-state index is 11.8. The molecule has 21 heavy (non-hydrogen) atoms. The van der Waals surface area contributed by atoms with Crippen molar-refractivity contribution < 1.29 is 8.42 Å². The SMILES string of the molecule is CS(=O)(=O)c1ccccc1NCc1c[nH]c2ncccc12. The molecule has 0 unspecified atom stereocenters. The van der Waals surface area contributed by atoms with Gasteiger partial charge in [-0.15, -0.1) is 0 Å². The molecule has 1 aromatic carbocycles. The predicted octanol–water partition coefficient (Wildman–Crippen LogP) is 2.58. The molecular formula is C15H15N3O2S. The van der Waals surface area contributed by atoms with E-state index in [2.05, 4.69) is 15.3 Å². The average Bonchev–Trinajstić information content (AvgIpc) is 2.88. The highest BCUT2D eigenvalue weighted by molar-refractivity contribution is 7.90. The second kappa shape index (κ2) is 5.21. The third kappa shape index (κ3) is 2.75. The van der Waals surface area contributed by atoms with Crippen molar-refractivity contribution in [3.63, 3.8) is 0 Å². The van der Waals surface area contributed by atoms with Crippen molar-refractivity contribution >= 4 is 26.6 Å². The van der Waals surface area contributed by atoms with Crippen molar-refractivity contribution in [2.24, 2.45) is 0 Å². The van der Waals surface area contributed by atoms with Crippen LogP contribution < -0.4 is 5.32 Å². The molecule has 0 aliphatic rings. The fourth-order valence-electron chi connectivity index (χ4n) is 2.29. The minimum Gasteiger partial charge on any atom is -0.380 e. The summed E-state index contributed by atoms with van der Waals surface area (Å²) in [4.78, 5) is 7.64. The summed E-state index contributed by atoms with van der Waals surface area (Å²) in [5.41, 5.74) is 2.48. The zero-order chi connectivity index (χ0) is 14.9. The lowest BCUT2D eigenvalue weighted by atomic mass is 10.2. The average molecular weight is 301 g/mol. The van der Waals surface area contributed by atoms with Crippen LogP contribution in [0.15, 0.2) is 53.7 Å². The van der Waals surface area contributed by atoms with E-state index in [0.29, 0.717) is 17.1 Å². The predicted molar refractivity (Wildman–Crippen MR) is 83.0 cm³/mol. The lowest BCUT2D eigenvalue weighted by molar-refractivity contribution is 0.602. The highest BCUT2D eigenvalue weighted by Gasteiger charge is 2.12. The van der Waals surface area contributed by atoms with E-state index in [1.54, 1.807) is 24.4 Å². The molecule has 2 aromatic heterocycles. The van der Waals surface area contributed by atoms with Gasteiger partial charge in [-0.1, -0.05) is 12.1 Å². The second-order valence-corrected chi connectivity index (χ2v) is 6.82. The van der Waals surface area contributed by atoms with Gasteiger partial charge in [-0.3, -0.25) is 0 Å². The summed E-state index contributed by atoms with van der Waals surface area (Å²) >= 11 is 0. The van der Waals surface area contributed by atoms with Crippen LogP contribution >= 0.6 is 0 Å². The van der Waals surface area contributed by atoms with Crippen molar-refractivity contribution in [2.45, 2.75) is 11.4 Å². The molecule has 0 atom stereocenters. The molecule has 3 rings (SSSR count). The molecular weight excluding hydrogens is 286 g/mol. The van der Waals surface area contributed by atoms with E-state index in [9.17, 15) is 8.42 Å². The molecule has 2 N–H and O–H groups in total. The van der Waals surface area contributed by atoms with Crippen LogP contribution in [0.25, 0.3) is 11.0 Å². The minimum atomic E-state index is -3.25. The smallest absolute Gasteiger partial charge is 0.177 e. The number of sulfone groups is 1. The summed E-state index contributed by atoms with van der Waals surface area (Å²) < 4.78 is 23.5. The molecule has 3 aromatic rings. The maximum absolute atomic E-state index is 11.8. The van der Waals surface area contributed by atoms with E-state index >= 15 is 0 Å². The maximum Gasteiger partial charge on any atom is 0.177 e. The molecule has 0 bridgehead atoms. The molecule has 0 saturated heterocycles. The Morgan fingerprint density at radius 3 is 2.81 bits per heavy atom. The van der Waals surface area contributed by atoms with Crippen LogP contribution in [0.1, 0.15) is 5.56 Å². The number of fused-ring (bicyclic) bond motifs is 1. The number of aromatic nitrogens is 2. The first-order valence-corrected chi connectivity index (χ1v) is 8.39. The first-order chi connectivity index (χ1) is 10.1. The monoisotopic (exact) mass is 301 g/mol. The molecule has 0 radical (unpaired) electrons. The summed E-state index contributed by atoms with van der Waals surface area (Å²) in [5, 5.41) is 4.22. The molecule has 0 amide bonds. The molecule has 0 aliphatic carbocycles. The van der Waals surface area contributed by atoms with Crippen LogP contribution in [0.3, 0.4) is 0 Å². The van der Waals surface area contributed by atoms with Crippen LogP contribution in [-0.4, -0.2) is 24.6 Å². The second-order valence-electron chi connectivity index (χ2n) is 4.84. The zero-order valence-electron chi connectivity index (χ0n) is 11.5. The normalized spacial score (nSPS) is 11.7. The van der Waals surface area contributed by atoms with Gasteiger partial charge in [0.25, 0.3) is 0 Å². The first kappa shape index (κ1) is 13.6. The number of pyridine rings is 1. The quantitative estimate of drug-likeness (QED) is 0.776. The van der Waals surface area contributed by atoms with Gasteiger partial charge in [0, 0.05) is 30.6 Å². The highest BCUT2D eigenvalue weighted by Crippen LogP contribution is 2.22. The molecule has 108 valence electrons. The van der Waals surface area contributed by atoms with Crippen LogP contribution in [0.5, 0.6) is 0 Å². The topological polar surface area (TPSA) is 74.8 Å². The fraction of sp³-hybridized carbons (Fsp3) is 0.133. The van der Waals surface area contributed by atoms with Crippen molar-refractivity contribution in [1.29, 1.82) is 0 Å². The number of aromatic amines is 1. The number of rotatable bonds is 4.